The highest BCUT2D eigenvalue weighted by molar-refractivity contribution is 6.33. The van der Waals surface area contributed by atoms with Gasteiger partial charge in [0, 0.05) is 36.2 Å². The summed E-state index contributed by atoms with van der Waals surface area (Å²) in [6.07, 6.45) is 0.319. The Balaban J connectivity index is 0.00000162. The second kappa shape index (κ2) is 7.19. The van der Waals surface area contributed by atoms with Gasteiger partial charge in [0.05, 0.1) is 6.42 Å². The maximum Gasteiger partial charge on any atom is 0.227 e. The average Bonchev–Trinajstić information content (AvgIpc) is 2.35. The zero-order chi connectivity index (χ0) is 12.3. The standard InChI is InChI=1S/C12H14Cl2N2O.ClH/c13-10-1-2-11(14)9(7-10)8-12(17)16-5-3-15-4-6-16;/h1-2,7,15H,3-6,8H2;1H. The monoisotopic (exact) mass is 308 g/mol. The number of amides is 1. The topological polar surface area (TPSA) is 32.3 Å². The van der Waals surface area contributed by atoms with Crippen LogP contribution in [-0.2, 0) is 11.2 Å². The number of hydrogen-bond acceptors (Lipinski definition) is 2. The van der Waals surface area contributed by atoms with Crippen LogP contribution in [0.1, 0.15) is 5.56 Å². The van der Waals surface area contributed by atoms with Crippen LogP contribution < -0.4 is 5.32 Å². The van der Waals surface area contributed by atoms with Gasteiger partial charge in [-0.3, -0.25) is 4.79 Å². The second-order valence-electron chi connectivity index (χ2n) is 4.04. The van der Waals surface area contributed by atoms with Crippen molar-refractivity contribution in [1.29, 1.82) is 0 Å². The molecule has 1 heterocycles. The number of nitrogens with zero attached hydrogens (tertiary/aromatic N) is 1. The van der Waals surface area contributed by atoms with Crippen LogP contribution in [0.4, 0.5) is 0 Å². The highest BCUT2D eigenvalue weighted by atomic mass is 35.5. The minimum absolute atomic E-state index is 0. The van der Waals surface area contributed by atoms with E-state index in [2.05, 4.69) is 5.32 Å². The molecule has 0 bridgehead atoms. The summed E-state index contributed by atoms with van der Waals surface area (Å²) in [6.45, 7) is 3.23. The summed E-state index contributed by atoms with van der Waals surface area (Å²) >= 11 is 11.9. The Kier molecular flexibility index (Phi) is 6.22. The van der Waals surface area contributed by atoms with Crippen molar-refractivity contribution in [3.63, 3.8) is 0 Å². The molecule has 18 heavy (non-hydrogen) atoms. The predicted molar refractivity (Wildman–Crippen MR) is 76.9 cm³/mol. The van der Waals surface area contributed by atoms with Crippen molar-refractivity contribution in [2.75, 3.05) is 26.2 Å². The van der Waals surface area contributed by atoms with Gasteiger partial charge in [0.2, 0.25) is 5.91 Å². The molecule has 1 N–H and O–H groups in total. The normalized spacial score (nSPS) is 15.1. The fourth-order valence-electron chi connectivity index (χ4n) is 1.87. The Morgan fingerprint density at radius 1 is 1.28 bits per heavy atom. The van der Waals surface area contributed by atoms with Crippen molar-refractivity contribution < 1.29 is 4.79 Å². The third-order valence-corrected chi connectivity index (χ3v) is 3.42. The van der Waals surface area contributed by atoms with E-state index in [0.29, 0.717) is 16.5 Å². The van der Waals surface area contributed by atoms with Gasteiger partial charge in [0.15, 0.2) is 0 Å². The van der Waals surface area contributed by atoms with Gasteiger partial charge in [-0.15, -0.1) is 12.4 Å². The van der Waals surface area contributed by atoms with Gasteiger partial charge < -0.3 is 10.2 Å². The van der Waals surface area contributed by atoms with E-state index in [1.54, 1.807) is 18.2 Å². The minimum atomic E-state index is 0. The van der Waals surface area contributed by atoms with E-state index in [-0.39, 0.29) is 18.3 Å². The van der Waals surface area contributed by atoms with E-state index < -0.39 is 0 Å². The SMILES string of the molecule is Cl.O=C(Cc1cc(Cl)ccc1Cl)N1CCNCC1. The lowest BCUT2D eigenvalue weighted by atomic mass is 10.1. The average molecular weight is 310 g/mol. The summed E-state index contributed by atoms with van der Waals surface area (Å²) in [6, 6.07) is 5.21. The lowest BCUT2D eigenvalue weighted by Gasteiger charge is -2.27. The van der Waals surface area contributed by atoms with Crippen molar-refractivity contribution >= 4 is 41.5 Å². The second-order valence-corrected chi connectivity index (χ2v) is 4.89. The number of benzene rings is 1. The zero-order valence-corrected chi connectivity index (χ0v) is 12.1. The quantitative estimate of drug-likeness (QED) is 0.910. The first kappa shape index (κ1) is 15.6. The molecule has 0 atom stereocenters. The van der Waals surface area contributed by atoms with Crippen LogP contribution in [0.2, 0.25) is 10.0 Å². The van der Waals surface area contributed by atoms with Crippen LogP contribution in [0.3, 0.4) is 0 Å². The van der Waals surface area contributed by atoms with Gasteiger partial charge in [-0.1, -0.05) is 23.2 Å². The van der Waals surface area contributed by atoms with Gasteiger partial charge in [0.25, 0.3) is 0 Å². The zero-order valence-electron chi connectivity index (χ0n) is 9.79. The lowest BCUT2D eigenvalue weighted by molar-refractivity contribution is -0.131. The number of piperazine rings is 1. The van der Waals surface area contributed by atoms with Crippen molar-refractivity contribution in [3.8, 4) is 0 Å². The molecule has 1 aliphatic heterocycles. The maximum absolute atomic E-state index is 12.0. The van der Waals surface area contributed by atoms with Gasteiger partial charge in [-0.25, -0.2) is 0 Å². The largest absolute Gasteiger partial charge is 0.340 e. The van der Waals surface area contributed by atoms with Crippen molar-refractivity contribution in [2.24, 2.45) is 0 Å². The van der Waals surface area contributed by atoms with Gasteiger partial charge in [-0.2, -0.15) is 0 Å². The molecule has 0 aliphatic carbocycles. The number of rotatable bonds is 2. The van der Waals surface area contributed by atoms with Crippen LogP contribution in [0, 0.1) is 0 Å². The first-order valence-electron chi connectivity index (χ1n) is 5.59. The molecule has 3 nitrogen and oxygen atoms in total. The molecule has 100 valence electrons. The Labute approximate surface area is 123 Å². The number of nitrogens with one attached hydrogen (secondary N) is 1. The molecule has 0 saturated carbocycles. The molecular weight excluding hydrogens is 295 g/mol. The molecule has 1 aromatic rings. The lowest BCUT2D eigenvalue weighted by Crippen LogP contribution is -2.46. The molecule has 1 aliphatic rings. The highest BCUT2D eigenvalue weighted by Crippen LogP contribution is 2.21. The van der Waals surface area contributed by atoms with Crippen molar-refractivity contribution in [3.05, 3.63) is 33.8 Å². The first-order chi connectivity index (χ1) is 8.16. The van der Waals surface area contributed by atoms with Gasteiger partial charge in [-0.05, 0) is 23.8 Å². The van der Waals surface area contributed by atoms with E-state index >= 15 is 0 Å². The van der Waals surface area contributed by atoms with Crippen LogP contribution in [0.25, 0.3) is 0 Å². The third kappa shape index (κ3) is 4.02. The summed E-state index contributed by atoms with van der Waals surface area (Å²) in [4.78, 5) is 13.9. The van der Waals surface area contributed by atoms with Crippen LogP contribution in [-0.4, -0.2) is 37.0 Å². The smallest absolute Gasteiger partial charge is 0.227 e. The van der Waals surface area contributed by atoms with E-state index in [9.17, 15) is 4.79 Å². The van der Waals surface area contributed by atoms with Crippen molar-refractivity contribution in [1.82, 2.24) is 10.2 Å². The summed E-state index contributed by atoms with van der Waals surface area (Å²) in [5.74, 6) is 0.107. The summed E-state index contributed by atoms with van der Waals surface area (Å²) in [7, 11) is 0. The number of carbonyl (C=O) groups is 1. The molecule has 2 rings (SSSR count). The van der Waals surface area contributed by atoms with Gasteiger partial charge in [0.1, 0.15) is 0 Å². The predicted octanol–water partition coefficient (Wildman–Crippen LogP) is 2.39. The van der Waals surface area contributed by atoms with Crippen LogP contribution in [0.15, 0.2) is 18.2 Å². The molecule has 6 heteroatoms. The number of hydrogen-bond donors (Lipinski definition) is 1. The van der Waals surface area contributed by atoms with Crippen LogP contribution >= 0.6 is 35.6 Å². The molecule has 1 amide bonds. The first-order valence-corrected chi connectivity index (χ1v) is 6.35. The highest BCUT2D eigenvalue weighted by Gasteiger charge is 2.17. The summed E-state index contributed by atoms with van der Waals surface area (Å²) in [5.41, 5.74) is 0.794. The number of halogens is 3. The van der Waals surface area contributed by atoms with E-state index in [0.717, 1.165) is 31.7 Å². The molecule has 0 aromatic heterocycles. The fourth-order valence-corrected chi connectivity index (χ4v) is 2.25. The summed E-state index contributed by atoms with van der Waals surface area (Å²) < 4.78 is 0. The van der Waals surface area contributed by atoms with Crippen LogP contribution in [0.5, 0.6) is 0 Å². The van der Waals surface area contributed by atoms with Gasteiger partial charge >= 0.3 is 0 Å². The molecular formula is C12H15Cl3N2O. The number of carbonyl (C=O) groups excluding carboxylic acids is 1. The molecule has 0 unspecified atom stereocenters. The molecule has 0 radical (unpaired) electrons. The minimum Gasteiger partial charge on any atom is -0.340 e. The molecule has 0 spiro atoms. The molecule has 1 saturated heterocycles. The Morgan fingerprint density at radius 3 is 2.61 bits per heavy atom. The third-order valence-electron chi connectivity index (χ3n) is 2.82. The van der Waals surface area contributed by atoms with E-state index in [4.69, 9.17) is 23.2 Å². The Bertz CT molecular complexity index is 420. The van der Waals surface area contributed by atoms with E-state index in [1.807, 2.05) is 4.90 Å². The van der Waals surface area contributed by atoms with E-state index in [1.165, 1.54) is 0 Å². The fraction of sp³-hybridized carbons (Fsp3) is 0.417. The molecule has 1 aromatic carbocycles. The molecule has 1 fully saturated rings. The Hall–Kier alpha value is -0.480. The summed E-state index contributed by atoms with van der Waals surface area (Å²) in [5, 5.41) is 4.42. The Morgan fingerprint density at radius 2 is 1.94 bits per heavy atom. The van der Waals surface area contributed by atoms with Crippen molar-refractivity contribution in [2.45, 2.75) is 6.42 Å². The maximum atomic E-state index is 12.0.